The molecular formula is C14H16N2O2. The molecule has 0 spiro atoms. The molecule has 4 heteroatoms. The lowest BCUT2D eigenvalue weighted by molar-refractivity contribution is -0.116. The van der Waals surface area contributed by atoms with Gasteiger partial charge in [-0.25, -0.2) is 0 Å². The minimum Gasteiger partial charge on any atom is -0.326 e. The van der Waals surface area contributed by atoms with Gasteiger partial charge in [-0.2, -0.15) is 0 Å². The third-order valence-corrected chi connectivity index (χ3v) is 2.15. The zero-order chi connectivity index (χ0) is 13.4. The van der Waals surface area contributed by atoms with Gasteiger partial charge < -0.3 is 10.6 Å². The first-order valence-electron chi connectivity index (χ1n) is 5.72. The minimum atomic E-state index is -0.284. The number of rotatable bonds is 5. The quantitative estimate of drug-likeness (QED) is 0.618. The first kappa shape index (κ1) is 13.7. The second-order valence-electron chi connectivity index (χ2n) is 3.71. The van der Waals surface area contributed by atoms with Crippen molar-refractivity contribution in [3.8, 4) is 0 Å². The molecule has 2 N–H and O–H groups in total. The maximum Gasteiger partial charge on any atom is 0.256 e. The standard InChI is InChI=1S/C14H16N2O2/c1-3-5-13(17)15-11-7-9-12(10-8-11)16-14(18)6-4-2/h5,7-10H,1,4,6H2,2H3,(H,15,17)(H,16,18). The van der Waals surface area contributed by atoms with Crippen molar-refractivity contribution in [2.24, 2.45) is 0 Å². The van der Waals surface area contributed by atoms with Crippen LogP contribution in [-0.2, 0) is 9.59 Å². The molecule has 0 aliphatic rings. The molecule has 18 heavy (non-hydrogen) atoms. The first-order valence-corrected chi connectivity index (χ1v) is 5.72. The highest BCUT2D eigenvalue weighted by atomic mass is 16.2. The van der Waals surface area contributed by atoms with Gasteiger partial charge in [0.2, 0.25) is 5.91 Å². The fraction of sp³-hybridized carbons (Fsp3) is 0.214. The molecule has 0 aliphatic carbocycles. The van der Waals surface area contributed by atoms with Gasteiger partial charge in [-0.3, -0.25) is 9.59 Å². The molecule has 4 nitrogen and oxygen atoms in total. The van der Waals surface area contributed by atoms with Crippen molar-refractivity contribution >= 4 is 23.2 Å². The van der Waals surface area contributed by atoms with Crippen LogP contribution >= 0.6 is 0 Å². The average molecular weight is 244 g/mol. The molecular weight excluding hydrogens is 228 g/mol. The highest BCUT2D eigenvalue weighted by Gasteiger charge is 2.01. The molecule has 0 saturated heterocycles. The highest BCUT2D eigenvalue weighted by Crippen LogP contribution is 2.13. The van der Waals surface area contributed by atoms with Crippen molar-refractivity contribution < 1.29 is 9.59 Å². The predicted molar refractivity (Wildman–Crippen MR) is 72.3 cm³/mol. The molecule has 1 aromatic rings. The van der Waals surface area contributed by atoms with E-state index < -0.39 is 0 Å². The van der Waals surface area contributed by atoms with Crippen LogP contribution in [0.5, 0.6) is 0 Å². The van der Waals surface area contributed by atoms with Gasteiger partial charge in [0, 0.05) is 23.9 Å². The Bertz CT molecular complexity index is 471. The lowest BCUT2D eigenvalue weighted by Crippen LogP contribution is -2.11. The van der Waals surface area contributed by atoms with Gasteiger partial charge >= 0.3 is 0 Å². The summed E-state index contributed by atoms with van der Waals surface area (Å²) in [7, 11) is 0. The fourth-order valence-corrected chi connectivity index (χ4v) is 1.36. The number of anilines is 2. The lowest BCUT2D eigenvalue weighted by atomic mass is 10.2. The van der Waals surface area contributed by atoms with E-state index in [1.165, 1.54) is 6.08 Å². The van der Waals surface area contributed by atoms with Gasteiger partial charge in [-0.05, 0) is 30.7 Å². The van der Waals surface area contributed by atoms with Crippen LogP contribution in [0.4, 0.5) is 11.4 Å². The Morgan fingerprint density at radius 3 is 2.28 bits per heavy atom. The first-order chi connectivity index (χ1) is 8.65. The van der Waals surface area contributed by atoms with Crippen LogP contribution in [0.3, 0.4) is 0 Å². The third-order valence-electron chi connectivity index (χ3n) is 2.15. The van der Waals surface area contributed by atoms with Crippen molar-refractivity contribution in [2.75, 3.05) is 10.6 Å². The summed E-state index contributed by atoms with van der Waals surface area (Å²) in [4.78, 5) is 22.6. The van der Waals surface area contributed by atoms with Gasteiger partial charge in [0.15, 0.2) is 0 Å². The van der Waals surface area contributed by atoms with Crippen molar-refractivity contribution in [3.05, 3.63) is 42.7 Å². The molecule has 1 aromatic carbocycles. The highest BCUT2D eigenvalue weighted by molar-refractivity contribution is 5.99. The molecule has 0 unspecified atom stereocenters. The van der Waals surface area contributed by atoms with Crippen LogP contribution in [0.25, 0.3) is 0 Å². The molecule has 0 aliphatic heterocycles. The molecule has 94 valence electrons. The normalized spacial score (nSPS) is 9.17. The molecule has 0 heterocycles. The Balaban J connectivity index is 2.60. The monoisotopic (exact) mass is 244 g/mol. The van der Waals surface area contributed by atoms with Crippen molar-refractivity contribution in [2.45, 2.75) is 19.8 Å². The number of hydrogen-bond donors (Lipinski definition) is 2. The third kappa shape index (κ3) is 4.68. The summed E-state index contributed by atoms with van der Waals surface area (Å²) >= 11 is 0. The summed E-state index contributed by atoms with van der Waals surface area (Å²) in [6.45, 7) is 5.27. The Kier molecular flexibility index (Phi) is 5.42. The Morgan fingerprint density at radius 1 is 1.22 bits per heavy atom. The largest absolute Gasteiger partial charge is 0.326 e. The van der Waals surface area contributed by atoms with Crippen molar-refractivity contribution in [3.63, 3.8) is 0 Å². The van der Waals surface area contributed by atoms with E-state index in [-0.39, 0.29) is 11.8 Å². The van der Waals surface area contributed by atoms with Gasteiger partial charge in [0.25, 0.3) is 5.91 Å². The van der Waals surface area contributed by atoms with E-state index in [4.69, 9.17) is 0 Å². The van der Waals surface area contributed by atoms with E-state index in [1.807, 2.05) is 6.92 Å². The summed E-state index contributed by atoms with van der Waals surface area (Å²) in [5.41, 5.74) is 3.76. The van der Waals surface area contributed by atoms with E-state index in [0.29, 0.717) is 17.8 Å². The van der Waals surface area contributed by atoms with Crippen molar-refractivity contribution in [1.82, 2.24) is 0 Å². The molecule has 0 fully saturated rings. The molecule has 0 bridgehead atoms. The minimum absolute atomic E-state index is 0.0103. The van der Waals surface area contributed by atoms with Crippen LogP contribution in [0.1, 0.15) is 19.8 Å². The van der Waals surface area contributed by atoms with E-state index >= 15 is 0 Å². The predicted octanol–water partition coefficient (Wildman–Crippen LogP) is 2.70. The maximum atomic E-state index is 11.4. The van der Waals surface area contributed by atoms with Crippen LogP contribution in [0.15, 0.2) is 42.7 Å². The number of benzene rings is 1. The number of hydrogen-bond acceptors (Lipinski definition) is 2. The van der Waals surface area contributed by atoms with Crippen LogP contribution in [0, 0.1) is 0 Å². The number of amides is 2. The molecule has 0 radical (unpaired) electrons. The van der Waals surface area contributed by atoms with Gasteiger partial charge in [0.1, 0.15) is 0 Å². The Labute approximate surface area is 106 Å². The van der Waals surface area contributed by atoms with Crippen molar-refractivity contribution in [1.29, 1.82) is 0 Å². The Morgan fingerprint density at radius 2 is 1.78 bits per heavy atom. The molecule has 0 atom stereocenters. The second kappa shape index (κ2) is 7.09. The fourth-order valence-electron chi connectivity index (χ4n) is 1.36. The van der Waals surface area contributed by atoms with Gasteiger partial charge in [-0.15, -0.1) is 5.73 Å². The van der Waals surface area contributed by atoms with Crippen LogP contribution in [0.2, 0.25) is 0 Å². The summed E-state index contributed by atoms with van der Waals surface area (Å²) in [6.07, 6.45) is 2.54. The van der Waals surface area contributed by atoms with E-state index in [1.54, 1.807) is 24.3 Å². The molecule has 1 rings (SSSR count). The molecule has 0 saturated carbocycles. The number of carbonyl (C=O) groups is 2. The van der Waals surface area contributed by atoms with Crippen LogP contribution < -0.4 is 10.6 Å². The summed E-state index contributed by atoms with van der Waals surface area (Å²) in [5, 5.41) is 5.41. The topological polar surface area (TPSA) is 58.2 Å². The average Bonchev–Trinajstić information content (AvgIpc) is 2.32. The summed E-state index contributed by atoms with van der Waals surface area (Å²) < 4.78 is 0. The van der Waals surface area contributed by atoms with E-state index in [2.05, 4.69) is 22.9 Å². The zero-order valence-electron chi connectivity index (χ0n) is 10.3. The summed E-state index contributed by atoms with van der Waals surface area (Å²) in [5.74, 6) is -0.295. The number of nitrogens with one attached hydrogen (secondary N) is 2. The Hall–Kier alpha value is -2.32. The lowest BCUT2D eigenvalue weighted by Gasteiger charge is -2.06. The van der Waals surface area contributed by atoms with Crippen LogP contribution in [-0.4, -0.2) is 11.8 Å². The smallest absolute Gasteiger partial charge is 0.256 e. The van der Waals surface area contributed by atoms with Gasteiger partial charge in [0.05, 0.1) is 0 Å². The SMILES string of the molecule is C=C=CC(=O)Nc1ccc(NC(=O)CCC)cc1. The zero-order valence-corrected chi connectivity index (χ0v) is 10.3. The summed E-state index contributed by atoms with van der Waals surface area (Å²) in [6, 6.07) is 6.91. The van der Waals surface area contributed by atoms with E-state index in [0.717, 1.165) is 6.42 Å². The number of carbonyl (C=O) groups excluding carboxylic acids is 2. The van der Waals surface area contributed by atoms with E-state index in [9.17, 15) is 9.59 Å². The van der Waals surface area contributed by atoms with Gasteiger partial charge in [-0.1, -0.05) is 13.5 Å². The maximum absolute atomic E-state index is 11.4. The second-order valence-corrected chi connectivity index (χ2v) is 3.71. The molecule has 2 amide bonds. The molecule has 0 aromatic heterocycles.